The van der Waals surface area contributed by atoms with Gasteiger partial charge in [0.1, 0.15) is 5.82 Å². The quantitative estimate of drug-likeness (QED) is 0.498. The highest BCUT2D eigenvalue weighted by Gasteiger charge is 2.28. The number of anilines is 1. The number of hydrogen-bond donors (Lipinski definition) is 1. The Morgan fingerprint density at radius 1 is 0.971 bits per heavy atom. The lowest BCUT2D eigenvalue weighted by Crippen LogP contribution is -2.39. The molecular weight excluding hydrogens is 442 g/mol. The van der Waals surface area contributed by atoms with E-state index in [0.717, 1.165) is 74.4 Å². The number of ether oxygens (including phenoxy) is 2. The molecule has 8 heteroatoms. The number of esters is 1. The van der Waals surface area contributed by atoms with E-state index in [0.29, 0.717) is 30.4 Å². The van der Waals surface area contributed by atoms with E-state index in [1.165, 1.54) is 7.11 Å². The van der Waals surface area contributed by atoms with E-state index >= 15 is 0 Å². The molecule has 5 rings (SSSR count). The van der Waals surface area contributed by atoms with Crippen molar-refractivity contribution in [1.29, 1.82) is 0 Å². The summed E-state index contributed by atoms with van der Waals surface area (Å²) >= 11 is 0. The van der Waals surface area contributed by atoms with E-state index in [9.17, 15) is 4.79 Å². The number of rotatable bonds is 7. The summed E-state index contributed by atoms with van der Waals surface area (Å²) < 4.78 is 11.2. The SMILES string of the molecule is COC(=O)CC1CCC(OC2CCN(c3ccc(-c4n[nH]c(-c5ccccc5)n4)cn3)CC2)CC1. The molecule has 1 aromatic carbocycles. The van der Waals surface area contributed by atoms with Crippen molar-refractivity contribution in [2.45, 2.75) is 57.2 Å². The molecule has 0 unspecified atom stereocenters. The number of aromatic nitrogens is 4. The number of aromatic amines is 1. The monoisotopic (exact) mass is 475 g/mol. The number of nitrogens with zero attached hydrogens (tertiary/aromatic N) is 4. The maximum Gasteiger partial charge on any atom is 0.305 e. The molecule has 8 nitrogen and oxygen atoms in total. The highest BCUT2D eigenvalue weighted by atomic mass is 16.5. The van der Waals surface area contributed by atoms with E-state index in [-0.39, 0.29) is 5.97 Å². The number of methoxy groups -OCH3 is 1. The van der Waals surface area contributed by atoms with Crippen molar-refractivity contribution in [3.8, 4) is 22.8 Å². The van der Waals surface area contributed by atoms with Gasteiger partial charge in [0.05, 0.1) is 19.3 Å². The highest BCUT2D eigenvalue weighted by molar-refractivity contribution is 5.69. The van der Waals surface area contributed by atoms with Gasteiger partial charge in [0.15, 0.2) is 11.6 Å². The van der Waals surface area contributed by atoms with Gasteiger partial charge in [0, 0.05) is 36.8 Å². The Morgan fingerprint density at radius 3 is 2.40 bits per heavy atom. The van der Waals surface area contributed by atoms with Crippen molar-refractivity contribution >= 4 is 11.8 Å². The molecule has 2 aromatic heterocycles. The highest BCUT2D eigenvalue weighted by Crippen LogP contribution is 2.31. The Balaban J connectivity index is 1.09. The van der Waals surface area contributed by atoms with Gasteiger partial charge < -0.3 is 14.4 Å². The van der Waals surface area contributed by atoms with E-state index < -0.39 is 0 Å². The minimum absolute atomic E-state index is 0.0963. The molecule has 1 aliphatic carbocycles. The molecule has 1 N–H and O–H groups in total. The van der Waals surface area contributed by atoms with Gasteiger partial charge in [0.25, 0.3) is 0 Å². The van der Waals surface area contributed by atoms with Crippen molar-refractivity contribution in [3.05, 3.63) is 48.7 Å². The average molecular weight is 476 g/mol. The van der Waals surface area contributed by atoms with Gasteiger partial charge >= 0.3 is 5.97 Å². The number of nitrogens with one attached hydrogen (secondary N) is 1. The molecule has 184 valence electrons. The van der Waals surface area contributed by atoms with Gasteiger partial charge in [0.2, 0.25) is 0 Å². The standard InChI is InChI=1S/C27H33N5O3/c1-34-25(33)17-19-7-10-22(11-8-19)35-23-13-15-32(16-14-23)24-12-9-21(18-28-24)27-29-26(30-31-27)20-5-3-2-4-6-20/h2-6,9,12,18-19,22-23H,7-8,10-11,13-17H2,1H3,(H,29,30,31). The number of carbonyl (C=O) groups excluding carboxylic acids is 1. The zero-order valence-electron chi connectivity index (χ0n) is 20.2. The molecule has 0 atom stereocenters. The number of H-pyrrole nitrogens is 1. The van der Waals surface area contributed by atoms with Crippen molar-refractivity contribution in [2.75, 3.05) is 25.1 Å². The van der Waals surface area contributed by atoms with Crippen LogP contribution in [0.4, 0.5) is 5.82 Å². The van der Waals surface area contributed by atoms with Gasteiger partial charge in [-0.05, 0) is 56.6 Å². The van der Waals surface area contributed by atoms with E-state index in [1.807, 2.05) is 42.6 Å². The van der Waals surface area contributed by atoms with E-state index in [1.54, 1.807) is 0 Å². The first-order valence-corrected chi connectivity index (χ1v) is 12.6. The van der Waals surface area contributed by atoms with Gasteiger partial charge in [-0.25, -0.2) is 9.97 Å². The van der Waals surface area contributed by atoms with Crippen molar-refractivity contribution in [1.82, 2.24) is 20.2 Å². The summed E-state index contributed by atoms with van der Waals surface area (Å²) in [5.74, 6) is 2.73. The Bertz CT molecular complexity index is 1090. The zero-order chi connectivity index (χ0) is 24.0. The van der Waals surface area contributed by atoms with Crippen LogP contribution in [-0.2, 0) is 14.3 Å². The molecule has 3 heterocycles. The lowest BCUT2D eigenvalue weighted by Gasteiger charge is -2.36. The van der Waals surface area contributed by atoms with Crippen LogP contribution in [0.3, 0.4) is 0 Å². The molecule has 0 bridgehead atoms. The van der Waals surface area contributed by atoms with Crippen LogP contribution in [0.15, 0.2) is 48.7 Å². The fourth-order valence-electron chi connectivity index (χ4n) is 5.11. The van der Waals surface area contributed by atoms with Crippen molar-refractivity contribution in [2.24, 2.45) is 5.92 Å². The summed E-state index contributed by atoms with van der Waals surface area (Å²) in [5.41, 5.74) is 1.91. The van der Waals surface area contributed by atoms with Gasteiger partial charge in [-0.15, -0.1) is 0 Å². The minimum atomic E-state index is -0.0963. The second-order valence-electron chi connectivity index (χ2n) is 9.52. The van der Waals surface area contributed by atoms with Crippen LogP contribution in [0.2, 0.25) is 0 Å². The van der Waals surface area contributed by atoms with Crippen molar-refractivity contribution in [3.63, 3.8) is 0 Å². The number of hydrogen-bond acceptors (Lipinski definition) is 7. The zero-order valence-corrected chi connectivity index (χ0v) is 20.2. The van der Waals surface area contributed by atoms with E-state index in [4.69, 9.17) is 14.5 Å². The average Bonchev–Trinajstić information content (AvgIpc) is 3.41. The largest absolute Gasteiger partial charge is 0.469 e. The number of benzene rings is 1. The first-order valence-electron chi connectivity index (χ1n) is 12.6. The van der Waals surface area contributed by atoms with Crippen molar-refractivity contribution < 1.29 is 14.3 Å². The molecule has 3 aromatic rings. The molecule has 2 aliphatic rings. The molecule has 35 heavy (non-hydrogen) atoms. The molecule has 0 spiro atoms. The molecule has 2 fully saturated rings. The van der Waals surface area contributed by atoms with Crippen LogP contribution in [0.5, 0.6) is 0 Å². The molecule has 0 amide bonds. The van der Waals surface area contributed by atoms with Crippen LogP contribution in [-0.4, -0.2) is 58.5 Å². The lowest BCUT2D eigenvalue weighted by molar-refractivity contribution is -0.142. The molecule has 1 saturated heterocycles. The Kier molecular flexibility index (Phi) is 7.37. The Labute approximate surface area is 206 Å². The minimum Gasteiger partial charge on any atom is -0.469 e. The van der Waals surface area contributed by atoms with Crippen LogP contribution >= 0.6 is 0 Å². The summed E-state index contributed by atoms with van der Waals surface area (Å²) in [7, 11) is 1.46. The van der Waals surface area contributed by atoms with Gasteiger partial charge in [-0.2, -0.15) is 5.10 Å². The maximum atomic E-state index is 11.5. The second kappa shape index (κ2) is 11.0. The summed E-state index contributed by atoms with van der Waals surface area (Å²) in [6.45, 7) is 1.88. The molecule has 1 saturated carbocycles. The fraction of sp³-hybridized carbons (Fsp3) is 0.481. The van der Waals surface area contributed by atoms with Crippen LogP contribution < -0.4 is 4.90 Å². The maximum absolute atomic E-state index is 11.5. The van der Waals surface area contributed by atoms with Gasteiger partial charge in [-0.3, -0.25) is 9.89 Å². The predicted molar refractivity (Wildman–Crippen MR) is 134 cm³/mol. The summed E-state index contributed by atoms with van der Waals surface area (Å²) in [4.78, 5) is 23.1. The Morgan fingerprint density at radius 2 is 1.71 bits per heavy atom. The number of carbonyl (C=O) groups is 1. The third-order valence-electron chi connectivity index (χ3n) is 7.17. The third kappa shape index (κ3) is 5.88. The number of piperidine rings is 1. The van der Waals surface area contributed by atoms with Crippen LogP contribution in [0, 0.1) is 5.92 Å². The normalized spacial score (nSPS) is 21.1. The van der Waals surface area contributed by atoms with Gasteiger partial charge in [-0.1, -0.05) is 30.3 Å². The first kappa shape index (κ1) is 23.5. The lowest BCUT2D eigenvalue weighted by atomic mass is 9.85. The summed E-state index contributed by atoms with van der Waals surface area (Å²) in [6, 6.07) is 14.1. The third-order valence-corrected chi connectivity index (χ3v) is 7.17. The predicted octanol–water partition coefficient (Wildman–Crippen LogP) is 4.64. The second-order valence-corrected chi connectivity index (χ2v) is 9.52. The Hall–Kier alpha value is -3.26. The molecule has 1 aliphatic heterocycles. The van der Waals surface area contributed by atoms with E-state index in [2.05, 4.69) is 26.1 Å². The first-order chi connectivity index (χ1) is 17.2. The summed E-state index contributed by atoms with van der Waals surface area (Å²) in [6.07, 6.45) is 9.20. The fourth-order valence-corrected chi connectivity index (χ4v) is 5.11. The topological polar surface area (TPSA) is 93.2 Å². The molecular formula is C27H33N5O3. The van der Waals surface area contributed by atoms with Crippen LogP contribution in [0.1, 0.15) is 44.9 Å². The smallest absolute Gasteiger partial charge is 0.305 e. The number of pyridine rings is 1. The summed E-state index contributed by atoms with van der Waals surface area (Å²) in [5, 5.41) is 7.38. The van der Waals surface area contributed by atoms with Crippen LogP contribution in [0.25, 0.3) is 22.8 Å². The molecule has 0 radical (unpaired) electrons.